The minimum atomic E-state index is -0.507. The van der Waals surface area contributed by atoms with Crippen molar-refractivity contribution in [1.82, 2.24) is 4.90 Å². The number of alkyl halides is 1. The van der Waals surface area contributed by atoms with Crippen LogP contribution in [0.5, 0.6) is 0 Å². The van der Waals surface area contributed by atoms with E-state index >= 15 is 0 Å². The van der Waals surface area contributed by atoms with E-state index in [1.165, 1.54) is 0 Å². The van der Waals surface area contributed by atoms with E-state index in [2.05, 4.69) is 19.9 Å². The maximum Gasteiger partial charge on any atom is 0.325 e. The molecule has 0 bridgehead atoms. The van der Waals surface area contributed by atoms with Crippen molar-refractivity contribution in [1.29, 1.82) is 5.26 Å². The smallest absolute Gasteiger partial charge is 0.312 e. The molecule has 0 saturated carbocycles. The van der Waals surface area contributed by atoms with E-state index in [0.717, 1.165) is 17.7 Å². The molecule has 0 spiro atoms. The average Bonchev–Trinajstić information content (AvgIpc) is 2.95. The maximum absolute atomic E-state index is 13.7. The number of nitriles is 1. The van der Waals surface area contributed by atoms with Gasteiger partial charge in [-0.2, -0.15) is 5.26 Å². The van der Waals surface area contributed by atoms with Gasteiger partial charge in [0.15, 0.2) is 0 Å². The van der Waals surface area contributed by atoms with Gasteiger partial charge in [0.05, 0.1) is 28.6 Å². The molecule has 4 nitrogen and oxygen atoms in total. The van der Waals surface area contributed by atoms with E-state index in [1.54, 1.807) is 18.2 Å². The minimum Gasteiger partial charge on any atom is -0.312 e. The van der Waals surface area contributed by atoms with Crippen molar-refractivity contribution in [3.8, 4) is 6.07 Å². The molecule has 1 aliphatic rings. The summed E-state index contributed by atoms with van der Waals surface area (Å²) in [5.41, 5.74) is 1.76. The zero-order chi connectivity index (χ0) is 21.3. The fourth-order valence-corrected chi connectivity index (χ4v) is 4.45. The molecule has 0 N–H and O–H groups in total. The number of carbonyl (C=O) groups is 1. The highest BCUT2D eigenvalue weighted by atomic mass is 35.5. The second-order valence-corrected chi connectivity index (χ2v) is 8.89. The van der Waals surface area contributed by atoms with Crippen LogP contribution in [0.25, 0.3) is 0 Å². The normalized spacial score (nSPS) is 23.8. The van der Waals surface area contributed by atoms with Gasteiger partial charge in [-0.1, -0.05) is 30.7 Å². The van der Waals surface area contributed by atoms with Crippen molar-refractivity contribution in [2.45, 2.75) is 57.1 Å². The Balaban J connectivity index is 2.23. The van der Waals surface area contributed by atoms with Crippen molar-refractivity contribution in [2.24, 2.45) is 0 Å². The summed E-state index contributed by atoms with van der Waals surface area (Å²) in [7, 11) is 0. The zero-order valence-electron chi connectivity index (χ0n) is 17.1. The first-order valence-corrected chi connectivity index (χ1v) is 10.6. The molecule has 1 heterocycles. The third kappa shape index (κ3) is 3.70. The second-order valence-electron chi connectivity index (χ2n) is 7.77. The molecule has 6 heteroatoms. The van der Waals surface area contributed by atoms with Crippen molar-refractivity contribution < 1.29 is 4.79 Å². The van der Waals surface area contributed by atoms with Gasteiger partial charge in [-0.3, -0.25) is 4.90 Å². The lowest BCUT2D eigenvalue weighted by Gasteiger charge is -2.41. The fourth-order valence-electron chi connectivity index (χ4n) is 4.21. The molecule has 29 heavy (non-hydrogen) atoms. The predicted octanol–water partition coefficient (Wildman–Crippen LogP) is 6.38. The van der Waals surface area contributed by atoms with Crippen LogP contribution in [0.3, 0.4) is 0 Å². The van der Waals surface area contributed by atoms with E-state index < -0.39 is 5.54 Å². The van der Waals surface area contributed by atoms with Crippen LogP contribution in [-0.4, -0.2) is 27.9 Å². The maximum atomic E-state index is 13.7. The third-order valence-electron chi connectivity index (χ3n) is 6.03. The van der Waals surface area contributed by atoms with Crippen LogP contribution in [0.15, 0.2) is 48.5 Å². The first kappa shape index (κ1) is 21.5. The minimum absolute atomic E-state index is 0.0935. The van der Waals surface area contributed by atoms with Crippen LogP contribution in [-0.2, 0) is 0 Å². The molecule has 2 aromatic carbocycles. The summed E-state index contributed by atoms with van der Waals surface area (Å²) in [5, 5.41) is 9.80. The molecule has 2 amide bonds. The number of benzene rings is 2. The summed E-state index contributed by atoms with van der Waals surface area (Å²) < 4.78 is 0. The van der Waals surface area contributed by atoms with Gasteiger partial charge >= 0.3 is 6.03 Å². The van der Waals surface area contributed by atoms with E-state index in [9.17, 15) is 10.1 Å². The van der Waals surface area contributed by atoms with Crippen LogP contribution in [0.2, 0.25) is 5.02 Å². The lowest BCUT2D eigenvalue weighted by molar-refractivity contribution is 0.113. The average molecular weight is 430 g/mol. The van der Waals surface area contributed by atoms with Gasteiger partial charge < -0.3 is 4.90 Å². The number of amides is 2. The Labute approximate surface area is 182 Å². The lowest BCUT2D eigenvalue weighted by atomic mass is 9.83. The standard InChI is InChI=1S/C23H25Cl2N3O/c1-5-23(4)21(18-8-6-7-17(13-18)14-26)27(20-11-9-19(25)10-12-20)22(29)28(23)16(3)15(2)24/h6-13,15-16,21H,5H2,1-4H3/t15?,16-,21?,23?/m1/s1. The number of hydrogen-bond donors (Lipinski definition) is 0. The van der Waals surface area contributed by atoms with Crippen LogP contribution in [0.1, 0.15) is 51.3 Å². The highest BCUT2D eigenvalue weighted by molar-refractivity contribution is 6.30. The van der Waals surface area contributed by atoms with Crippen LogP contribution in [0.4, 0.5) is 10.5 Å². The molecular formula is C23H25Cl2N3O. The summed E-state index contributed by atoms with van der Waals surface area (Å²) in [5.74, 6) is 0. The molecule has 1 aliphatic heterocycles. The summed E-state index contributed by atoms with van der Waals surface area (Å²) in [6.45, 7) is 8.07. The van der Waals surface area contributed by atoms with E-state index in [0.29, 0.717) is 10.6 Å². The summed E-state index contributed by atoms with van der Waals surface area (Å²) in [4.78, 5) is 17.5. The first-order valence-electron chi connectivity index (χ1n) is 9.76. The fraction of sp³-hybridized carbons (Fsp3) is 0.391. The second kappa shape index (κ2) is 8.26. The van der Waals surface area contributed by atoms with Gasteiger partial charge in [0.2, 0.25) is 0 Å². The van der Waals surface area contributed by atoms with E-state index in [-0.39, 0.29) is 23.5 Å². The number of nitrogens with zero attached hydrogens (tertiary/aromatic N) is 3. The Hall–Kier alpha value is -2.22. The van der Waals surface area contributed by atoms with Gasteiger partial charge in [-0.05, 0) is 69.2 Å². The SMILES string of the molecule is CCC1(C)C(c2cccc(C#N)c2)N(c2ccc(Cl)cc2)C(=O)N1[C@H](C)C(C)Cl. The molecule has 3 unspecified atom stereocenters. The third-order valence-corrected chi connectivity index (χ3v) is 6.65. The molecular weight excluding hydrogens is 405 g/mol. The molecule has 0 aliphatic carbocycles. The summed E-state index contributed by atoms with van der Waals surface area (Å²) in [6, 6.07) is 16.5. The molecule has 152 valence electrons. The van der Waals surface area contributed by atoms with Gasteiger partial charge in [-0.15, -0.1) is 11.6 Å². The molecule has 0 radical (unpaired) electrons. The largest absolute Gasteiger partial charge is 0.325 e. The molecule has 0 aromatic heterocycles. The van der Waals surface area contributed by atoms with Crippen molar-refractivity contribution in [3.05, 3.63) is 64.7 Å². The number of carbonyl (C=O) groups excluding carboxylic acids is 1. The Morgan fingerprint density at radius 3 is 2.41 bits per heavy atom. The van der Waals surface area contributed by atoms with Crippen LogP contribution >= 0.6 is 23.2 Å². The summed E-state index contributed by atoms with van der Waals surface area (Å²) >= 11 is 12.5. The van der Waals surface area contributed by atoms with Crippen LogP contribution < -0.4 is 4.90 Å². The van der Waals surface area contributed by atoms with Gasteiger partial charge in [-0.25, -0.2) is 4.79 Å². The Kier molecular flexibility index (Phi) is 6.12. The van der Waals surface area contributed by atoms with E-state index in [1.807, 2.05) is 54.0 Å². The highest BCUT2D eigenvalue weighted by Crippen LogP contribution is 2.49. The molecule has 3 rings (SSSR count). The molecule has 1 saturated heterocycles. The van der Waals surface area contributed by atoms with Gasteiger partial charge in [0, 0.05) is 16.8 Å². The molecule has 1 fully saturated rings. The number of halogens is 2. The monoisotopic (exact) mass is 429 g/mol. The topological polar surface area (TPSA) is 47.3 Å². The lowest BCUT2D eigenvalue weighted by Crippen LogP contribution is -2.52. The van der Waals surface area contributed by atoms with Crippen molar-refractivity contribution in [2.75, 3.05) is 4.90 Å². The highest BCUT2D eigenvalue weighted by Gasteiger charge is 2.56. The van der Waals surface area contributed by atoms with Gasteiger partial charge in [0.1, 0.15) is 0 Å². The summed E-state index contributed by atoms with van der Waals surface area (Å²) in [6.07, 6.45) is 0.734. The number of hydrogen-bond acceptors (Lipinski definition) is 2. The number of rotatable bonds is 5. The number of anilines is 1. The first-order chi connectivity index (χ1) is 13.7. The quantitative estimate of drug-likeness (QED) is 0.517. The molecule has 4 atom stereocenters. The Morgan fingerprint density at radius 2 is 1.86 bits per heavy atom. The zero-order valence-corrected chi connectivity index (χ0v) is 18.6. The van der Waals surface area contributed by atoms with Crippen LogP contribution in [0, 0.1) is 11.3 Å². The van der Waals surface area contributed by atoms with Gasteiger partial charge in [0.25, 0.3) is 0 Å². The van der Waals surface area contributed by atoms with E-state index in [4.69, 9.17) is 23.2 Å². The van der Waals surface area contributed by atoms with Crippen molar-refractivity contribution in [3.63, 3.8) is 0 Å². The van der Waals surface area contributed by atoms with Crippen molar-refractivity contribution >= 4 is 34.9 Å². The molecule has 2 aromatic rings. The Morgan fingerprint density at radius 1 is 1.21 bits per heavy atom. The number of urea groups is 1. The Bertz CT molecular complexity index is 938. The predicted molar refractivity (Wildman–Crippen MR) is 119 cm³/mol.